The van der Waals surface area contributed by atoms with Gasteiger partial charge in [0, 0.05) is 29.3 Å². The van der Waals surface area contributed by atoms with Crippen LogP contribution in [0.2, 0.25) is 0 Å². The van der Waals surface area contributed by atoms with E-state index in [0.717, 1.165) is 22.8 Å². The lowest BCUT2D eigenvalue weighted by molar-refractivity contribution is 0.336. The minimum atomic E-state index is -1.02. The molecule has 5 nitrogen and oxygen atoms in total. The zero-order valence-corrected chi connectivity index (χ0v) is 19.0. The molecule has 2 rings (SSSR count). The van der Waals surface area contributed by atoms with Gasteiger partial charge in [-0.25, -0.2) is 4.99 Å². The number of para-hydroxylation sites is 1. The van der Waals surface area contributed by atoms with Gasteiger partial charge in [0.2, 0.25) is 0 Å². The molecule has 1 unspecified atom stereocenters. The van der Waals surface area contributed by atoms with Gasteiger partial charge in [-0.05, 0) is 32.0 Å². The van der Waals surface area contributed by atoms with Crippen molar-refractivity contribution in [1.82, 2.24) is 10.6 Å². The van der Waals surface area contributed by atoms with E-state index in [-0.39, 0.29) is 24.0 Å². The topological polar surface area (TPSA) is 62.7 Å². The second-order valence-corrected chi connectivity index (χ2v) is 7.10. The van der Waals surface area contributed by atoms with Crippen LogP contribution < -0.4 is 15.4 Å². The average molecular weight is 501 g/mol. The Kier molecular flexibility index (Phi) is 11.8. The lowest BCUT2D eigenvalue weighted by atomic mass is 10.2. The number of rotatable bonds is 9. The van der Waals surface area contributed by atoms with Crippen LogP contribution in [0.1, 0.15) is 19.4 Å². The molecular formula is C20H28IN3O2S. The van der Waals surface area contributed by atoms with Crippen molar-refractivity contribution < 1.29 is 8.95 Å². The summed E-state index contributed by atoms with van der Waals surface area (Å²) in [5, 5.41) is 6.47. The van der Waals surface area contributed by atoms with E-state index in [4.69, 9.17) is 4.74 Å². The van der Waals surface area contributed by atoms with Crippen molar-refractivity contribution in [2.45, 2.75) is 25.3 Å². The van der Waals surface area contributed by atoms with Gasteiger partial charge in [-0.15, -0.1) is 24.0 Å². The minimum absolute atomic E-state index is 0. The SMILES string of the molecule is CCNC(=NCc1ccccc1OCC)NCCS(=O)c1ccccc1.I. The summed E-state index contributed by atoms with van der Waals surface area (Å²) in [7, 11) is -1.02. The highest BCUT2D eigenvalue weighted by atomic mass is 127. The van der Waals surface area contributed by atoms with Crippen LogP contribution >= 0.6 is 24.0 Å². The molecule has 1 atom stereocenters. The molecule has 0 aromatic heterocycles. The zero-order chi connectivity index (χ0) is 18.6. The van der Waals surface area contributed by atoms with E-state index in [1.165, 1.54) is 0 Å². The quantitative estimate of drug-likeness (QED) is 0.314. The van der Waals surface area contributed by atoms with E-state index in [9.17, 15) is 4.21 Å². The molecule has 0 bridgehead atoms. The summed E-state index contributed by atoms with van der Waals surface area (Å²) >= 11 is 0. The third-order valence-corrected chi connectivity index (χ3v) is 4.98. The Morgan fingerprint density at radius 1 is 1.04 bits per heavy atom. The molecule has 2 aromatic carbocycles. The lowest BCUT2D eigenvalue weighted by Gasteiger charge is -2.12. The van der Waals surface area contributed by atoms with Crippen molar-refractivity contribution in [1.29, 1.82) is 0 Å². The van der Waals surface area contributed by atoms with Crippen LogP contribution in [0.5, 0.6) is 5.75 Å². The summed E-state index contributed by atoms with van der Waals surface area (Å²) in [4.78, 5) is 5.46. The molecule has 0 aliphatic rings. The molecule has 27 heavy (non-hydrogen) atoms. The number of nitrogens with zero attached hydrogens (tertiary/aromatic N) is 1. The first-order valence-corrected chi connectivity index (χ1v) is 10.2. The largest absolute Gasteiger partial charge is 0.494 e. The predicted octanol–water partition coefficient (Wildman–Crippen LogP) is 3.57. The minimum Gasteiger partial charge on any atom is -0.494 e. The van der Waals surface area contributed by atoms with E-state index in [2.05, 4.69) is 15.6 Å². The standard InChI is InChI=1S/C20H27N3O2S.HI/c1-3-21-20(22-14-15-26(24)18-11-6-5-7-12-18)23-16-17-10-8-9-13-19(17)25-4-2;/h5-13H,3-4,14-16H2,1-2H3,(H2,21,22,23);1H. The van der Waals surface area contributed by atoms with Crippen molar-refractivity contribution in [3.8, 4) is 5.75 Å². The van der Waals surface area contributed by atoms with Gasteiger partial charge in [0.15, 0.2) is 5.96 Å². The molecule has 7 heteroatoms. The van der Waals surface area contributed by atoms with Gasteiger partial charge >= 0.3 is 0 Å². The predicted molar refractivity (Wildman–Crippen MR) is 124 cm³/mol. The third-order valence-electron chi connectivity index (χ3n) is 3.61. The van der Waals surface area contributed by atoms with Gasteiger partial charge in [-0.3, -0.25) is 4.21 Å². The number of hydrogen-bond donors (Lipinski definition) is 2. The fraction of sp³-hybridized carbons (Fsp3) is 0.350. The van der Waals surface area contributed by atoms with Crippen molar-refractivity contribution in [3.05, 3.63) is 60.2 Å². The molecule has 0 saturated carbocycles. The summed E-state index contributed by atoms with van der Waals surface area (Å²) in [6.45, 7) is 6.49. The lowest BCUT2D eigenvalue weighted by Crippen LogP contribution is -2.39. The summed E-state index contributed by atoms with van der Waals surface area (Å²) in [5.41, 5.74) is 1.04. The molecule has 148 valence electrons. The van der Waals surface area contributed by atoms with Crippen molar-refractivity contribution >= 4 is 40.7 Å². The van der Waals surface area contributed by atoms with E-state index in [1.54, 1.807) is 0 Å². The number of halogens is 1. The maximum absolute atomic E-state index is 12.3. The van der Waals surface area contributed by atoms with Gasteiger partial charge in [0.05, 0.1) is 24.0 Å². The highest BCUT2D eigenvalue weighted by Gasteiger charge is 2.05. The Bertz CT molecular complexity index is 726. The van der Waals surface area contributed by atoms with E-state index < -0.39 is 10.8 Å². The fourth-order valence-corrected chi connectivity index (χ4v) is 3.37. The molecule has 0 amide bonds. The van der Waals surface area contributed by atoms with Gasteiger partial charge in [-0.1, -0.05) is 36.4 Å². The number of ether oxygens (including phenoxy) is 1. The van der Waals surface area contributed by atoms with Crippen LogP contribution in [0.3, 0.4) is 0 Å². The summed E-state index contributed by atoms with van der Waals surface area (Å²) < 4.78 is 17.9. The molecule has 0 heterocycles. The maximum Gasteiger partial charge on any atom is 0.191 e. The smallest absolute Gasteiger partial charge is 0.191 e. The zero-order valence-electron chi connectivity index (χ0n) is 15.8. The Morgan fingerprint density at radius 3 is 2.44 bits per heavy atom. The van der Waals surface area contributed by atoms with Gasteiger partial charge in [-0.2, -0.15) is 0 Å². The van der Waals surface area contributed by atoms with Gasteiger partial charge in [0.25, 0.3) is 0 Å². The monoisotopic (exact) mass is 501 g/mol. The highest BCUT2D eigenvalue weighted by Crippen LogP contribution is 2.18. The van der Waals surface area contributed by atoms with Crippen molar-refractivity contribution in [2.75, 3.05) is 25.4 Å². The molecule has 2 aromatic rings. The van der Waals surface area contributed by atoms with Crippen molar-refractivity contribution in [2.24, 2.45) is 4.99 Å². The third kappa shape index (κ3) is 8.30. The van der Waals surface area contributed by atoms with Crippen LogP contribution in [-0.4, -0.2) is 35.6 Å². The number of hydrogen-bond acceptors (Lipinski definition) is 3. The molecule has 0 spiro atoms. The molecule has 0 aliphatic heterocycles. The van der Waals surface area contributed by atoms with Crippen molar-refractivity contribution in [3.63, 3.8) is 0 Å². The summed E-state index contributed by atoms with van der Waals surface area (Å²) in [6.07, 6.45) is 0. The fourth-order valence-electron chi connectivity index (χ4n) is 2.39. The first-order chi connectivity index (χ1) is 12.7. The second kappa shape index (κ2) is 13.5. The molecular weight excluding hydrogens is 473 g/mol. The van der Waals surface area contributed by atoms with Crippen LogP contribution in [0.15, 0.2) is 64.5 Å². The van der Waals surface area contributed by atoms with Gasteiger partial charge in [0.1, 0.15) is 5.75 Å². The highest BCUT2D eigenvalue weighted by molar-refractivity contribution is 14.0. The van der Waals surface area contributed by atoms with Crippen LogP contribution in [0, 0.1) is 0 Å². The molecule has 0 aliphatic carbocycles. The van der Waals surface area contributed by atoms with Crippen LogP contribution in [0.4, 0.5) is 0 Å². The second-order valence-electron chi connectivity index (χ2n) is 5.53. The first kappa shape index (κ1) is 23.4. The first-order valence-electron chi connectivity index (χ1n) is 8.91. The van der Waals surface area contributed by atoms with E-state index >= 15 is 0 Å². The van der Waals surface area contributed by atoms with E-state index in [0.29, 0.717) is 31.4 Å². The summed E-state index contributed by atoms with van der Waals surface area (Å²) in [5.74, 6) is 2.10. The number of guanidine groups is 1. The number of benzene rings is 2. The Labute approximate surface area is 181 Å². The molecule has 0 radical (unpaired) electrons. The Balaban J connectivity index is 0.00000364. The molecule has 0 fully saturated rings. The van der Waals surface area contributed by atoms with Crippen LogP contribution in [-0.2, 0) is 17.3 Å². The Hall–Kier alpha value is -1.61. The number of nitrogens with one attached hydrogen (secondary N) is 2. The average Bonchev–Trinajstić information content (AvgIpc) is 2.68. The summed E-state index contributed by atoms with van der Waals surface area (Å²) in [6, 6.07) is 17.4. The molecule has 2 N–H and O–H groups in total. The van der Waals surface area contributed by atoms with Crippen LogP contribution in [0.25, 0.3) is 0 Å². The van der Waals surface area contributed by atoms with Gasteiger partial charge < -0.3 is 15.4 Å². The number of aliphatic imine (C=N–C) groups is 1. The van der Waals surface area contributed by atoms with E-state index in [1.807, 2.05) is 68.4 Å². The Morgan fingerprint density at radius 2 is 1.74 bits per heavy atom. The normalized spacial score (nSPS) is 12.0. The maximum atomic E-state index is 12.3. The molecule has 0 saturated heterocycles.